The van der Waals surface area contributed by atoms with Crippen molar-refractivity contribution in [2.45, 2.75) is 44.6 Å². The van der Waals surface area contributed by atoms with Crippen LogP contribution < -0.4 is 11.3 Å². The van der Waals surface area contributed by atoms with E-state index in [2.05, 4.69) is 28.1 Å². The van der Waals surface area contributed by atoms with Gasteiger partial charge in [0, 0.05) is 0 Å². The molecular formula is C13H22F2N5O13P3. The number of aliphatic hydroxyl groups is 1. The summed E-state index contributed by atoms with van der Waals surface area (Å²) in [6, 6.07) is 0. The maximum atomic E-state index is 15.1. The van der Waals surface area contributed by atoms with Gasteiger partial charge in [0.2, 0.25) is 5.95 Å². The Kier molecular flexibility index (Phi) is 8.70. The van der Waals surface area contributed by atoms with Gasteiger partial charge in [-0.25, -0.2) is 27.5 Å². The number of alkyl halides is 2. The van der Waals surface area contributed by atoms with Crippen molar-refractivity contribution < 1.29 is 65.0 Å². The lowest BCUT2D eigenvalue weighted by molar-refractivity contribution is -0.256. The highest BCUT2D eigenvalue weighted by Crippen LogP contribution is 2.67. The van der Waals surface area contributed by atoms with Crippen LogP contribution >= 0.6 is 23.5 Å². The average molecular weight is 587 g/mol. The first kappa shape index (κ1) is 30.6. The molecule has 0 saturated heterocycles. The molecule has 36 heavy (non-hydrogen) atoms. The number of fused-ring (bicyclic) bond motifs is 1. The molecule has 2 rings (SSSR count). The topological polar surface area (TPSA) is 279 Å². The lowest BCUT2D eigenvalue weighted by Crippen LogP contribution is -2.46. The van der Waals surface area contributed by atoms with Gasteiger partial charge in [0.1, 0.15) is 12.3 Å². The number of H-pyrrole nitrogens is 1. The smallest absolute Gasteiger partial charge is 0.369 e. The van der Waals surface area contributed by atoms with Crippen LogP contribution in [-0.2, 0) is 31.6 Å². The van der Waals surface area contributed by atoms with E-state index >= 15 is 4.39 Å². The van der Waals surface area contributed by atoms with Crippen molar-refractivity contribution in [2.24, 2.45) is 0 Å². The van der Waals surface area contributed by atoms with Crippen molar-refractivity contribution in [3.63, 3.8) is 0 Å². The van der Waals surface area contributed by atoms with Gasteiger partial charge in [-0.05, 0) is 20.8 Å². The number of aromatic amines is 1. The van der Waals surface area contributed by atoms with Crippen LogP contribution in [0, 0.1) is 0 Å². The normalized spacial score (nSPS) is 19.8. The summed E-state index contributed by atoms with van der Waals surface area (Å²) in [4.78, 5) is 57.7. The molecule has 5 atom stereocenters. The highest BCUT2D eigenvalue weighted by atomic mass is 31.3. The molecule has 206 valence electrons. The minimum Gasteiger partial charge on any atom is -0.369 e. The summed E-state index contributed by atoms with van der Waals surface area (Å²) in [6.45, 7) is 0.650. The van der Waals surface area contributed by atoms with Crippen LogP contribution in [0.25, 0.3) is 11.2 Å². The first-order valence-corrected chi connectivity index (χ1v) is 13.8. The van der Waals surface area contributed by atoms with E-state index in [1.165, 1.54) is 0 Å². The van der Waals surface area contributed by atoms with Crippen molar-refractivity contribution in [1.82, 2.24) is 19.5 Å². The number of ether oxygens (including phenoxy) is 1. The van der Waals surface area contributed by atoms with E-state index in [-0.39, 0.29) is 5.52 Å². The van der Waals surface area contributed by atoms with Crippen molar-refractivity contribution in [3.8, 4) is 0 Å². The van der Waals surface area contributed by atoms with E-state index in [9.17, 15) is 37.8 Å². The summed E-state index contributed by atoms with van der Waals surface area (Å²) >= 11 is 0. The maximum absolute atomic E-state index is 15.1. The van der Waals surface area contributed by atoms with Gasteiger partial charge in [-0.3, -0.25) is 18.9 Å². The molecule has 0 aliphatic carbocycles. The number of hydrogen-bond donors (Lipinski definition) is 7. The average Bonchev–Trinajstić information content (AvgIpc) is 3.05. The fraction of sp³-hybridized carbons (Fsp3) is 0.615. The van der Waals surface area contributed by atoms with Crippen LogP contribution in [0.5, 0.6) is 0 Å². The summed E-state index contributed by atoms with van der Waals surface area (Å²) in [6.07, 6.45) is -3.81. The zero-order valence-electron chi connectivity index (χ0n) is 18.5. The third kappa shape index (κ3) is 7.67. The number of imidazole rings is 1. The molecular weight excluding hydrogens is 565 g/mol. The van der Waals surface area contributed by atoms with E-state index in [1.54, 1.807) is 0 Å². The molecule has 0 aliphatic rings. The number of aliphatic hydroxyl groups excluding tert-OH is 1. The number of phosphoric ester groups is 1. The minimum atomic E-state index is -5.89. The molecule has 0 aromatic carbocycles. The Morgan fingerprint density at radius 1 is 1.17 bits per heavy atom. The lowest BCUT2D eigenvalue weighted by atomic mass is 10.1. The molecule has 23 heteroatoms. The Morgan fingerprint density at radius 3 is 2.28 bits per heavy atom. The van der Waals surface area contributed by atoms with Gasteiger partial charge < -0.3 is 35.2 Å². The summed E-state index contributed by atoms with van der Waals surface area (Å²) in [5.41, 5.74) is -1.53. The van der Waals surface area contributed by atoms with Crippen LogP contribution in [0.1, 0.15) is 27.0 Å². The van der Waals surface area contributed by atoms with Crippen molar-refractivity contribution in [1.29, 1.82) is 0 Å². The molecule has 18 nitrogen and oxygen atoms in total. The van der Waals surface area contributed by atoms with Crippen LogP contribution in [0.4, 0.5) is 14.7 Å². The number of nitrogen functional groups attached to an aromatic ring is 1. The number of anilines is 1. The second-order valence-electron chi connectivity index (χ2n) is 7.81. The van der Waals surface area contributed by atoms with E-state index in [0.717, 1.165) is 20.2 Å². The molecule has 0 amide bonds. The summed E-state index contributed by atoms with van der Waals surface area (Å²) < 4.78 is 80.5. The van der Waals surface area contributed by atoms with Gasteiger partial charge in [-0.2, -0.15) is 13.6 Å². The number of phosphoric acid groups is 3. The molecule has 2 heterocycles. The number of nitrogens with two attached hydrogens (primary N) is 1. The molecule has 2 aromatic rings. The fourth-order valence-corrected chi connectivity index (χ4v) is 5.93. The minimum absolute atomic E-state index is 0.366. The summed E-state index contributed by atoms with van der Waals surface area (Å²) in [7, 11) is -17.3. The van der Waals surface area contributed by atoms with Gasteiger partial charge in [-0.1, -0.05) is 0 Å². The van der Waals surface area contributed by atoms with Gasteiger partial charge in [-0.15, -0.1) is 0 Å². The van der Waals surface area contributed by atoms with E-state index in [4.69, 9.17) is 20.3 Å². The molecule has 8 N–H and O–H groups in total. The Labute approximate surface area is 199 Å². The van der Waals surface area contributed by atoms with Crippen molar-refractivity contribution >= 4 is 40.6 Å². The van der Waals surface area contributed by atoms with Crippen molar-refractivity contribution in [2.75, 3.05) is 12.4 Å². The number of nitrogens with zero attached hydrogens (tertiary/aromatic N) is 3. The predicted molar refractivity (Wildman–Crippen MR) is 113 cm³/mol. The molecule has 2 unspecified atom stereocenters. The molecule has 2 aromatic heterocycles. The first-order valence-electron chi connectivity index (χ1n) is 9.24. The monoisotopic (exact) mass is 587 g/mol. The molecule has 0 spiro atoms. The predicted octanol–water partition coefficient (Wildman–Crippen LogP) is 0.355. The number of rotatable bonds is 12. The molecule has 0 fully saturated rings. The molecule has 0 saturated carbocycles. The van der Waals surface area contributed by atoms with E-state index in [1.807, 2.05) is 0 Å². The van der Waals surface area contributed by atoms with Gasteiger partial charge in [0.15, 0.2) is 29.4 Å². The fourth-order valence-electron chi connectivity index (χ4n) is 2.60. The second-order valence-corrected chi connectivity index (χ2v) is 12.2. The van der Waals surface area contributed by atoms with Gasteiger partial charge in [0.05, 0.1) is 6.33 Å². The van der Waals surface area contributed by atoms with Crippen LogP contribution in [0.3, 0.4) is 0 Å². The van der Waals surface area contributed by atoms with Crippen LogP contribution in [0.2, 0.25) is 0 Å². The number of hydrogen-bond acceptors (Lipinski definition) is 12. The summed E-state index contributed by atoms with van der Waals surface area (Å²) in [5.74, 6) is -0.428. The van der Waals surface area contributed by atoms with Crippen molar-refractivity contribution in [3.05, 3.63) is 16.7 Å². The largest absolute Gasteiger partial charge is 0.490 e. The Morgan fingerprint density at radius 2 is 1.75 bits per heavy atom. The third-order valence-electron chi connectivity index (χ3n) is 4.10. The standard InChI is InChI=1S/C13H22F2N5O13P3/c1-12(2,31-35(26,27)33-36(28,29)32-34(23,24)25)10(22)30-9(13(3,15)4-14)20-5-17-6-7(20)18-11(16)19-8(6)21/h5,9-10,22H,4H2,1-3H3,(H,26,27)(H,28,29)(H2,23,24,25)(H3,16,18,19,21)/t9-,10-,13+/m1/s1. The molecule has 0 bridgehead atoms. The van der Waals surface area contributed by atoms with Crippen LogP contribution in [0.15, 0.2) is 11.1 Å². The lowest BCUT2D eigenvalue weighted by Gasteiger charge is -2.37. The third-order valence-corrected chi connectivity index (χ3v) is 8.13. The zero-order valence-corrected chi connectivity index (χ0v) is 21.1. The first-order chi connectivity index (χ1) is 16.1. The van der Waals surface area contributed by atoms with Gasteiger partial charge in [0.25, 0.3) is 5.56 Å². The Hall–Kier alpha value is -1.66. The second kappa shape index (κ2) is 10.2. The molecule has 0 aliphatic heterocycles. The van der Waals surface area contributed by atoms with E-state index < -0.39 is 71.1 Å². The summed E-state index contributed by atoms with van der Waals surface area (Å²) in [5, 5.41) is 10.5. The number of nitrogens with one attached hydrogen (secondary N) is 1. The highest BCUT2D eigenvalue weighted by molar-refractivity contribution is 7.66. The highest BCUT2D eigenvalue weighted by Gasteiger charge is 2.48. The Bertz CT molecular complexity index is 1310. The van der Waals surface area contributed by atoms with E-state index in [0.29, 0.717) is 11.5 Å². The maximum Gasteiger partial charge on any atom is 0.490 e. The SMILES string of the molecule is CC(C)(OP(=O)(O)OP(=O)(O)OP(=O)(O)O)[C@H](O)O[C@@H](n1cnc2c(=O)[nH]c(N)nc21)[C@@](C)(F)CF. The van der Waals surface area contributed by atoms with Gasteiger partial charge >= 0.3 is 23.5 Å². The molecule has 0 radical (unpaired) electrons. The number of aromatic nitrogens is 4. The van der Waals surface area contributed by atoms with Crippen LogP contribution in [-0.4, -0.2) is 68.4 Å². The zero-order chi connectivity index (χ0) is 27.9. The Balaban J connectivity index is 2.37. The quantitative estimate of drug-likeness (QED) is 0.130. The number of halogens is 2.